The Kier molecular flexibility index (Phi) is 5.58. The molecule has 1 unspecified atom stereocenters. The second-order valence-corrected chi connectivity index (χ2v) is 5.73. The Labute approximate surface area is 127 Å². The van der Waals surface area contributed by atoms with Crippen LogP contribution in [0, 0.1) is 0 Å². The molecule has 0 bridgehead atoms. The Bertz CT molecular complexity index is 517. The van der Waals surface area contributed by atoms with Gasteiger partial charge in [-0.05, 0) is 54.7 Å². The summed E-state index contributed by atoms with van der Waals surface area (Å²) < 4.78 is 3.93. The number of nitrogens with zero attached hydrogens (tertiary/aromatic N) is 2. The molecule has 0 amide bonds. The van der Waals surface area contributed by atoms with Gasteiger partial charge < -0.3 is 5.32 Å². The zero-order valence-corrected chi connectivity index (χ0v) is 12.9. The molecule has 3 nitrogen and oxygen atoms in total. The summed E-state index contributed by atoms with van der Waals surface area (Å²) in [4.78, 5) is 0. The third-order valence-corrected chi connectivity index (χ3v) is 3.93. The van der Waals surface area contributed by atoms with Gasteiger partial charge in [0.1, 0.15) is 0 Å². The monoisotopic (exact) mass is 315 g/mol. The van der Waals surface area contributed by atoms with E-state index in [0.29, 0.717) is 5.02 Å². The van der Waals surface area contributed by atoms with Gasteiger partial charge in [-0.15, -0.1) is 5.10 Å². The lowest BCUT2D eigenvalue weighted by Crippen LogP contribution is -2.24. The molecule has 6 heteroatoms. The molecule has 102 valence electrons. The third-order valence-electron chi connectivity index (χ3n) is 2.81. The van der Waals surface area contributed by atoms with Crippen LogP contribution in [0.5, 0.6) is 0 Å². The maximum absolute atomic E-state index is 6.22. The summed E-state index contributed by atoms with van der Waals surface area (Å²) in [6, 6.07) is 5.65. The highest BCUT2D eigenvalue weighted by atomic mass is 35.5. The van der Waals surface area contributed by atoms with Crippen LogP contribution in [0.25, 0.3) is 0 Å². The molecular weight excluding hydrogens is 301 g/mol. The first-order valence-electron chi connectivity index (χ1n) is 6.15. The van der Waals surface area contributed by atoms with E-state index in [9.17, 15) is 0 Å². The molecule has 19 heavy (non-hydrogen) atoms. The van der Waals surface area contributed by atoms with Gasteiger partial charge >= 0.3 is 0 Å². The lowest BCUT2D eigenvalue weighted by Gasteiger charge is -2.17. The van der Waals surface area contributed by atoms with Crippen LogP contribution in [0.1, 0.15) is 30.6 Å². The van der Waals surface area contributed by atoms with Crippen molar-refractivity contribution in [2.75, 3.05) is 6.54 Å². The molecule has 1 heterocycles. The van der Waals surface area contributed by atoms with Crippen molar-refractivity contribution in [3.05, 3.63) is 44.9 Å². The number of benzene rings is 1. The first-order chi connectivity index (χ1) is 9.20. The highest BCUT2D eigenvalue weighted by molar-refractivity contribution is 7.03. The quantitative estimate of drug-likeness (QED) is 0.871. The van der Waals surface area contributed by atoms with Gasteiger partial charge in [0.05, 0.1) is 11.7 Å². The molecule has 0 saturated carbocycles. The van der Waals surface area contributed by atoms with Crippen molar-refractivity contribution in [1.29, 1.82) is 0 Å². The summed E-state index contributed by atoms with van der Waals surface area (Å²) in [6.45, 7) is 3.07. The van der Waals surface area contributed by atoms with Crippen LogP contribution < -0.4 is 5.32 Å². The summed E-state index contributed by atoms with van der Waals surface area (Å²) in [6.07, 6.45) is 1.82. The van der Waals surface area contributed by atoms with Gasteiger partial charge in [-0.25, -0.2) is 0 Å². The Morgan fingerprint density at radius 3 is 2.89 bits per heavy atom. The zero-order chi connectivity index (χ0) is 13.7. The van der Waals surface area contributed by atoms with Crippen LogP contribution in [-0.2, 0) is 6.42 Å². The number of halogens is 2. The molecule has 1 atom stereocenters. The van der Waals surface area contributed by atoms with Gasteiger partial charge in [0.25, 0.3) is 0 Å². The molecule has 0 radical (unpaired) electrons. The minimum Gasteiger partial charge on any atom is -0.308 e. The highest BCUT2D eigenvalue weighted by Crippen LogP contribution is 2.26. The van der Waals surface area contributed by atoms with Gasteiger partial charge in [-0.1, -0.05) is 34.6 Å². The SMILES string of the molecule is CCCNC(Cc1cc(Cl)ccc1Cl)c1csnn1. The largest absolute Gasteiger partial charge is 0.308 e. The fraction of sp³-hybridized carbons (Fsp3) is 0.385. The van der Waals surface area contributed by atoms with E-state index in [0.717, 1.165) is 35.7 Å². The second kappa shape index (κ2) is 7.20. The van der Waals surface area contributed by atoms with Gasteiger partial charge in [-0.2, -0.15) is 0 Å². The molecule has 0 aliphatic carbocycles. The Hall–Kier alpha value is -0.680. The molecule has 0 saturated heterocycles. The topological polar surface area (TPSA) is 37.8 Å². The predicted octanol–water partition coefficient (Wildman–Crippen LogP) is 4.13. The van der Waals surface area contributed by atoms with E-state index in [4.69, 9.17) is 23.2 Å². The van der Waals surface area contributed by atoms with E-state index in [-0.39, 0.29) is 6.04 Å². The van der Waals surface area contributed by atoms with Crippen LogP contribution in [0.2, 0.25) is 10.0 Å². The summed E-state index contributed by atoms with van der Waals surface area (Å²) in [5.74, 6) is 0. The van der Waals surface area contributed by atoms with Crippen molar-refractivity contribution in [2.24, 2.45) is 0 Å². The Morgan fingerprint density at radius 2 is 2.21 bits per heavy atom. The molecule has 0 spiro atoms. The van der Waals surface area contributed by atoms with Crippen molar-refractivity contribution >= 4 is 34.7 Å². The van der Waals surface area contributed by atoms with Gasteiger partial charge in [-0.3, -0.25) is 0 Å². The average molecular weight is 316 g/mol. The first kappa shape index (κ1) is 14.7. The average Bonchev–Trinajstić information content (AvgIpc) is 2.92. The second-order valence-electron chi connectivity index (χ2n) is 4.28. The lowest BCUT2D eigenvalue weighted by molar-refractivity contribution is 0.517. The molecule has 2 aromatic rings. The summed E-state index contributed by atoms with van der Waals surface area (Å²) in [7, 11) is 0. The Morgan fingerprint density at radius 1 is 1.37 bits per heavy atom. The van der Waals surface area contributed by atoms with Crippen molar-refractivity contribution in [2.45, 2.75) is 25.8 Å². The van der Waals surface area contributed by atoms with E-state index in [1.807, 2.05) is 17.5 Å². The molecule has 1 aromatic carbocycles. The van der Waals surface area contributed by atoms with Gasteiger partial charge in [0.2, 0.25) is 0 Å². The van der Waals surface area contributed by atoms with Crippen LogP contribution in [0.3, 0.4) is 0 Å². The molecule has 1 N–H and O–H groups in total. The van der Waals surface area contributed by atoms with Crippen LogP contribution in [0.15, 0.2) is 23.6 Å². The number of hydrogen-bond donors (Lipinski definition) is 1. The van der Waals surface area contributed by atoms with Crippen molar-refractivity contribution in [1.82, 2.24) is 14.9 Å². The molecule has 0 aliphatic rings. The van der Waals surface area contributed by atoms with E-state index >= 15 is 0 Å². The molecule has 0 aliphatic heterocycles. The summed E-state index contributed by atoms with van der Waals surface area (Å²) >= 11 is 13.6. The number of hydrogen-bond acceptors (Lipinski definition) is 4. The number of rotatable bonds is 6. The first-order valence-corrected chi connectivity index (χ1v) is 7.74. The summed E-state index contributed by atoms with van der Waals surface area (Å²) in [5, 5.41) is 11.0. The van der Waals surface area contributed by atoms with Crippen LogP contribution in [0.4, 0.5) is 0 Å². The van der Waals surface area contributed by atoms with E-state index in [2.05, 4.69) is 21.8 Å². The van der Waals surface area contributed by atoms with Crippen molar-refractivity contribution < 1.29 is 0 Å². The van der Waals surface area contributed by atoms with Crippen LogP contribution >= 0.6 is 34.7 Å². The Balaban J connectivity index is 2.17. The summed E-state index contributed by atoms with van der Waals surface area (Å²) in [5.41, 5.74) is 1.98. The smallest absolute Gasteiger partial charge is 0.0928 e. The van der Waals surface area contributed by atoms with E-state index in [1.165, 1.54) is 11.5 Å². The van der Waals surface area contributed by atoms with Gasteiger partial charge in [0, 0.05) is 15.4 Å². The van der Waals surface area contributed by atoms with Crippen LogP contribution in [-0.4, -0.2) is 16.1 Å². The fourth-order valence-electron chi connectivity index (χ4n) is 1.84. The highest BCUT2D eigenvalue weighted by Gasteiger charge is 2.16. The maximum Gasteiger partial charge on any atom is 0.0928 e. The standard InChI is InChI=1S/C13H15Cl2N3S/c1-2-5-16-12(13-8-19-18-17-13)7-9-6-10(14)3-4-11(9)15/h3-4,6,8,12,16H,2,5,7H2,1H3. The van der Waals surface area contributed by atoms with Gasteiger partial charge in [0.15, 0.2) is 0 Å². The molecular formula is C13H15Cl2N3S. The van der Waals surface area contributed by atoms with Crippen molar-refractivity contribution in [3.63, 3.8) is 0 Å². The predicted molar refractivity (Wildman–Crippen MR) is 81.1 cm³/mol. The normalized spacial score (nSPS) is 12.6. The minimum absolute atomic E-state index is 0.120. The number of nitrogens with one attached hydrogen (secondary N) is 1. The fourth-order valence-corrected chi connectivity index (χ4v) is 2.74. The zero-order valence-electron chi connectivity index (χ0n) is 10.6. The maximum atomic E-state index is 6.22. The number of aromatic nitrogens is 2. The van der Waals surface area contributed by atoms with Crippen molar-refractivity contribution in [3.8, 4) is 0 Å². The van der Waals surface area contributed by atoms with E-state index < -0.39 is 0 Å². The van der Waals surface area contributed by atoms with E-state index in [1.54, 1.807) is 6.07 Å². The third kappa shape index (κ3) is 4.14. The lowest BCUT2D eigenvalue weighted by atomic mass is 10.0. The molecule has 0 fully saturated rings. The molecule has 2 rings (SSSR count). The minimum atomic E-state index is 0.120. The molecule has 1 aromatic heterocycles.